The summed E-state index contributed by atoms with van der Waals surface area (Å²) in [6, 6.07) is 40.2. The van der Waals surface area contributed by atoms with Crippen molar-refractivity contribution < 1.29 is 0 Å². The van der Waals surface area contributed by atoms with Gasteiger partial charge < -0.3 is 0 Å². The van der Waals surface area contributed by atoms with Crippen LogP contribution in [0.5, 0.6) is 0 Å². The monoisotopic (exact) mass is 543 g/mol. The van der Waals surface area contributed by atoms with E-state index in [1.54, 1.807) is 0 Å². The van der Waals surface area contributed by atoms with Gasteiger partial charge in [0.15, 0.2) is 17.5 Å². The van der Waals surface area contributed by atoms with Crippen molar-refractivity contribution in [2.45, 2.75) is 6.92 Å². The molecular weight excluding hydrogens is 521 g/mol. The van der Waals surface area contributed by atoms with Gasteiger partial charge in [0.25, 0.3) is 0 Å². The summed E-state index contributed by atoms with van der Waals surface area (Å²) in [6.45, 7) is 2.06. The second-order valence-corrected chi connectivity index (χ2v) is 10.2. The fourth-order valence-electron chi connectivity index (χ4n) is 4.50. The maximum Gasteiger partial charge on any atom is 0.164 e. The number of aryl methyl sites for hydroxylation is 1. The number of hydrogen-bond donors (Lipinski definition) is 0. The molecular formula is C34H23Cl2N3. The van der Waals surface area contributed by atoms with Crippen LogP contribution in [-0.2, 0) is 0 Å². The molecule has 6 rings (SSSR count). The van der Waals surface area contributed by atoms with Gasteiger partial charge in [-0.05, 0) is 65.6 Å². The van der Waals surface area contributed by atoms with Crippen molar-refractivity contribution >= 4 is 23.2 Å². The lowest BCUT2D eigenvalue weighted by Crippen LogP contribution is -2.00. The third kappa shape index (κ3) is 5.61. The van der Waals surface area contributed by atoms with Gasteiger partial charge in [-0.3, -0.25) is 0 Å². The molecule has 1 aromatic heterocycles. The molecule has 0 spiro atoms. The van der Waals surface area contributed by atoms with Crippen LogP contribution in [0.3, 0.4) is 0 Å². The van der Waals surface area contributed by atoms with Crippen LogP contribution in [0, 0.1) is 6.92 Å². The topological polar surface area (TPSA) is 38.7 Å². The largest absolute Gasteiger partial charge is 0.208 e. The first-order valence-corrected chi connectivity index (χ1v) is 13.3. The molecule has 0 unspecified atom stereocenters. The van der Waals surface area contributed by atoms with Crippen LogP contribution >= 0.6 is 23.2 Å². The van der Waals surface area contributed by atoms with Crippen LogP contribution < -0.4 is 0 Å². The summed E-state index contributed by atoms with van der Waals surface area (Å²) in [5, 5.41) is 1.22. The third-order valence-corrected chi connectivity index (χ3v) is 6.91. The van der Waals surface area contributed by atoms with Crippen LogP contribution in [-0.4, -0.2) is 15.0 Å². The fraction of sp³-hybridized carbons (Fsp3) is 0.0294. The predicted octanol–water partition coefficient (Wildman–Crippen LogP) is 9.82. The number of halogens is 2. The van der Waals surface area contributed by atoms with Crippen molar-refractivity contribution in [1.29, 1.82) is 0 Å². The molecule has 3 nitrogen and oxygen atoms in total. The Hall–Kier alpha value is -4.31. The zero-order valence-corrected chi connectivity index (χ0v) is 22.7. The highest BCUT2D eigenvalue weighted by atomic mass is 35.5. The van der Waals surface area contributed by atoms with Gasteiger partial charge in [-0.1, -0.05) is 114 Å². The molecule has 39 heavy (non-hydrogen) atoms. The van der Waals surface area contributed by atoms with E-state index in [0.29, 0.717) is 27.5 Å². The van der Waals surface area contributed by atoms with Crippen LogP contribution in [0.1, 0.15) is 5.56 Å². The van der Waals surface area contributed by atoms with E-state index in [9.17, 15) is 0 Å². The highest BCUT2D eigenvalue weighted by Crippen LogP contribution is 2.33. The minimum atomic E-state index is 0.538. The molecule has 0 aliphatic rings. The Morgan fingerprint density at radius 2 is 0.769 bits per heavy atom. The minimum Gasteiger partial charge on any atom is -0.208 e. The van der Waals surface area contributed by atoms with Crippen molar-refractivity contribution in [1.82, 2.24) is 15.0 Å². The average molecular weight is 544 g/mol. The SMILES string of the molecule is Cc1ccc(-c2nc(-c3cc(Cl)cc(-c4ccccc4)c3)nc(-c3cc(Cl)cc(-c4ccccc4)c3)n2)cc1. The van der Waals surface area contributed by atoms with E-state index in [4.69, 9.17) is 38.2 Å². The molecule has 0 amide bonds. The van der Waals surface area contributed by atoms with Crippen LogP contribution in [0.4, 0.5) is 0 Å². The molecule has 5 aromatic carbocycles. The zero-order valence-electron chi connectivity index (χ0n) is 21.1. The Morgan fingerprint density at radius 1 is 0.385 bits per heavy atom. The van der Waals surface area contributed by atoms with Crippen molar-refractivity contribution in [3.63, 3.8) is 0 Å². The first-order valence-electron chi connectivity index (χ1n) is 12.6. The Kier molecular flexibility index (Phi) is 6.93. The summed E-state index contributed by atoms with van der Waals surface area (Å²) in [4.78, 5) is 14.7. The van der Waals surface area contributed by atoms with E-state index < -0.39 is 0 Å². The molecule has 0 aliphatic carbocycles. The van der Waals surface area contributed by atoms with Gasteiger partial charge in [0.05, 0.1) is 0 Å². The zero-order chi connectivity index (χ0) is 26.8. The van der Waals surface area contributed by atoms with Gasteiger partial charge in [0.2, 0.25) is 0 Å². The summed E-state index contributed by atoms with van der Waals surface area (Å²) < 4.78 is 0. The second kappa shape index (κ2) is 10.8. The smallest absolute Gasteiger partial charge is 0.164 e. The minimum absolute atomic E-state index is 0.538. The van der Waals surface area contributed by atoms with Gasteiger partial charge >= 0.3 is 0 Å². The molecule has 0 N–H and O–H groups in total. The Balaban J connectivity index is 1.54. The first kappa shape index (κ1) is 25.0. The van der Waals surface area contributed by atoms with Crippen molar-refractivity contribution in [3.05, 3.63) is 137 Å². The van der Waals surface area contributed by atoms with E-state index in [1.807, 2.05) is 72.8 Å². The lowest BCUT2D eigenvalue weighted by Gasteiger charge is -2.12. The Bertz CT molecular complexity index is 1660. The Labute approximate surface area is 237 Å². The van der Waals surface area contributed by atoms with Gasteiger partial charge in [0.1, 0.15) is 0 Å². The second-order valence-electron chi connectivity index (χ2n) is 9.36. The predicted molar refractivity (Wildman–Crippen MR) is 162 cm³/mol. The third-order valence-electron chi connectivity index (χ3n) is 6.47. The molecule has 5 heteroatoms. The van der Waals surface area contributed by atoms with Crippen LogP contribution in [0.15, 0.2) is 121 Å². The summed E-state index contributed by atoms with van der Waals surface area (Å²) >= 11 is 13.2. The van der Waals surface area contributed by atoms with Gasteiger partial charge in [-0.25, -0.2) is 15.0 Å². The molecule has 0 saturated carbocycles. The maximum absolute atomic E-state index is 6.60. The molecule has 1 heterocycles. The van der Waals surface area contributed by atoms with Crippen molar-refractivity contribution in [2.75, 3.05) is 0 Å². The molecule has 0 bridgehead atoms. The van der Waals surface area contributed by atoms with Gasteiger partial charge in [-0.15, -0.1) is 0 Å². The molecule has 0 aliphatic heterocycles. The standard InChI is InChI=1S/C34H23Cl2N3/c1-22-12-14-25(15-13-22)32-37-33(28-16-26(18-30(35)20-28)23-8-4-2-5-9-23)39-34(38-32)29-17-27(19-31(36)21-29)24-10-6-3-7-11-24/h2-21H,1H3. The van der Waals surface area contributed by atoms with Crippen molar-refractivity contribution in [2.24, 2.45) is 0 Å². The maximum atomic E-state index is 6.60. The van der Waals surface area contributed by atoms with Crippen LogP contribution in [0.2, 0.25) is 10.0 Å². The molecule has 0 saturated heterocycles. The quantitative estimate of drug-likeness (QED) is 0.217. The molecule has 0 atom stereocenters. The number of benzene rings is 5. The van der Waals surface area contributed by atoms with Gasteiger partial charge in [-0.2, -0.15) is 0 Å². The number of rotatable bonds is 5. The highest BCUT2D eigenvalue weighted by Gasteiger charge is 2.15. The Morgan fingerprint density at radius 3 is 1.21 bits per heavy atom. The summed E-state index contributed by atoms with van der Waals surface area (Å²) in [7, 11) is 0. The molecule has 6 aromatic rings. The fourth-order valence-corrected chi connectivity index (χ4v) is 4.97. The summed E-state index contributed by atoms with van der Waals surface area (Å²) in [5.41, 5.74) is 7.80. The number of hydrogen-bond acceptors (Lipinski definition) is 3. The lowest BCUT2D eigenvalue weighted by molar-refractivity contribution is 1.07. The summed E-state index contributed by atoms with van der Waals surface area (Å²) in [6.07, 6.45) is 0. The first-order chi connectivity index (χ1) is 19.0. The van der Waals surface area contributed by atoms with Crippen LogP contribution in [0.25, 0.3) is 56.4 Å². The lowest BCUT2D eigenvalue weighted by atomic mass is 10.0. The van der Waals surface area contributed by atoms with Crippen molar-refractivity contribution in [3.8, 4) is 56.4 Å². The molecule has 0 radical (unpaired) electrons. The van der Waals surface area contributed by atoms with E-state index in [0.717, 1.165) is 44.5 Å². The normalized spacial score (nSPS) is 10.9. The molecule has 188 valence electrons. The molecule has 0 fully saturated rings. The van der Waals surface area contributed by atoms with E-state index >= 15 is 0 Å². The average Bonchev–Trinajstić information content (AvgIpc) is 2.97. The highest BCUT2D eigenvalue weighted by molar-refractivity contribution is 6.31. The number of nitrogens with zero attached hydrogens (tertiary/aromatic N) is 3. The van der Waals surface area contributed by atoms with E-state index in [-0.39, 0.29) is 0 Å². The van der Waals surface area contributed by atoms with E-state index in [2.05, 4.69) is 55.5 Å². The summed E-state index contributed by atoms with van der Waals surface area (Å²) in [5.74, 6) is 1.66. The van der Waals surface area contributed by atoms with Gasteiger partial charge in [0, 0.05) is 26.7 Å². The number of aromatic nitrogens is 3. The van der Waals surface area contributed by atoms with E-state index in [1.165, 1.54) is 0 Å².